The van der Waals surface area contributed by atoms with Crippen molar-refractivity contribution in [2.45, 2.75) is 32.7 Å². The third kappa shape index (κ3) is 5.14. The fourth-order valence-corrected chi connectivity index (χ4v) is 3.23. The third-order valence-electron chi connectivity index (χ3n) is 4.50. The van der Waals surface area contributed by atoms with Crippen molar-refractivity contribution in [3.8, 4) is 11.5 Å². The zero-order valence-corrected chi connectivity index (χ0v) is 16.5. The molecule has 0 aliphatic carbocycles. The molecule has 0 saturated carbocycles. The summed E-state index contributed by atoms with van der Waals surface area (Å²) in [5.41, 5.74) is 2.61. The number of hydrogen-bond acceptors (Lipinski definition) is 5. The summed E-state index contributed by atoms with van der Waals surface area (Å²) in [6.45, 7) is 6.30. The van der Waals surface area contributed by atoms with Crippen molar-refractivity contribution in [1.82, 2.24) is 15.5 Å². The summed E-state index contributed by atoms with van der Waals surface area (Å²) in [5, 5.41) is 13.7. The van der Waals surface area contributed by atoms with E-state index in [1.54, 1.807) is 6.07 Å². The van der Waals surface area contributed by atoms with Crippen LogP contribution in [0.2, 0.25) is 5.02 Å². The standard InChI is InChI=1S/C16H21ClN4O2.2ClH/c1-9-13(17)7-12(15-20-21-16(22)23-15)8-14(9)19-10(2)11-3-5-18-6-4-11;;/h7-8,10-11,18-19H,3-6H2,1-2H3,(H,21,22);2*1H. The molecule has 0 radical (unpaired) electrons. The lowest BCUT2D eigenvalue weighted by molar-refractivity contribution is 0.343. The Morgan fingerprint density at radius 2 is 2.00 bits per heavy atom. The summed E-state index contributed by atoms with van der Waals surface area (Å²) in [4.78, 5) is 11.1. The van der Waals surface area contributed by atoms with Gasteiger partial charge in [0.2, 0.25) is 5.89 Å². The second-order valence-electron chi connectivity index (χ2n) is 6.07. The van der Waals surface area contributed by atoms with Gasteiger partial charge in [0.15, 0.2) is 0 Å². The molecule has 1 unspecified atom stereocenters. The number of aromatic nitrogens is 2. The number of piperidine rings is 1. The van der Waals surface area contributed by atoms with E-state index in [-0.39, 0.29) is 30.7 Å². The van der Waals surface area contributed by atoms with E-state index in [0.29, 0.717) is 22.5 Å². The molecule has 1 aliphatic rings. The van der Waals surface area contributed by atoms with Crippen LogP contribution in [-0.2, 0) is 0 Å². The Bertz CT molecular complexity index is 741. The van der Waals surface area contributed by atoms with Crippen molar-refractivity contribution in [3.05, 3.63) is 33.3 Å². The molecule has 1 aromatic carbocycles. The first-order valence-electron chi connectivity index (χ1n) is 7.88. The minimum Gasteiger partial charge on any atom is -0.388 e. The van der Waals surface area contributed by atoms with Crippen LogP contribution in [0, 0.1) is 12.8 Å². The predicted molar refractivity (Wildman–Crippen MR) is 105 cm³/mol. The van der Waals surface area contributed by atoms with Crippen molar-refractivity contribution in [2.24, 2.45) is 5.92 Å². The molecule has 25 heavy (non-hydrogen) atoms. The van der Waals surface area contributed by atoms with Gasteiger partial charge in [0.05, 0.1) is 0 Å². The molecule has 1 fully saturated rings. The average molecular weight is 410 g/mol. The van der Waals surface area contributed by atoms with Crippen LogP contribution in [-0.4, -0.2) is 29.3 Å². The third-order valence-corrected chi connectivity index (χ3v) is 4.90. The van der Waals surface area contributed by atoms with Crippen LogP contribution in [0.5, 0.6) is 0 Å². The zero-order valence-electron chi connectivity index (χ0n) is 14.1. The normalized spacial score (nSPS) is 15.8. The molecule has 1 aliphatic heterocycles. The average Bonchev–Trinajstić information content (AvgIpc) is 2.99. The van der Waals surface area contributed by atoms with E-state index in [9.17, 15) is 4.79 Å². The first-order valence-corrected chi connectivity index (χ1v) is 8.25. The SMILES string of the molecule is Cc1c(Cl)cc(-c2n[nH]c(=O)o2)cc1NC(C)C1CCNCC1.Cl.Cl. The van der Waals surface area contributed by atoms with Gasteiger partial charge in [-0.05, 0) is 63.4 Å². The maximum atomic E-state index is 11.1. The highest BCUT2D eigenvalue weighted by molar-refractivity contribution is 6.32. The number of nitrogens with zero attached hydrogens (tertiary/aromatic N) is 1. The molecule has 6 nitrogen and oxygen atoms in total. The number of halogens is 3. The van der Waals surface area contributed by atoms with Crippen molar-refractivity contribution < 1.29 is 4.42 Å². The minimum absolute atomic E-state index is 0. The molecule has 9 heteroatoms. The van der Waals surface area contributed by atoms with Crippen LogP contribution in [0.3, 0.4) is 0 Å². The zero-order chi connectivity index (χ0) is 16.4. The van der Waals surface area contributed by atoms with Crippen molar-refractivity contribution >= 4 is 42.1 Å². The molecular formula is C16H23Cl3N4O2. The molecule has 1 aromatic heterocycles. The van der Waals surface area contributed by atoms with E-state index < -0.39 is 5.76 Å². The quantitative estimate of drug-likeness (QED) is 0.718. The molecule has 0 amide bonds. The lowest BCUT2D eigenvalue weighted by Crippen LogP contribution is -2.36. The van der Waals surface area contributed by atoms with Crippen LogP contribution in [0.25, 0.3) is 11.5 Å². The number of hydrogen-bond donors (Lipinski definition) is 3. The highest BCUT2D eigenvalue weighted by Crippen LogP contribution is 2.31. The lowest BCUT2D eigenvalue weighted by Gasteiger charge is -2.30. The maximum absolute atomic E-state index is 11.1. The number of rotatable bonds is 4. The van der Waals surface area contributed by atoms with Gasteiger partial charge in [-0.3, -0.25) is 0 Å². The first kappa shape index (κ1) is 21.8. The molecule has 0 bridgehead atoms. The van der Waals surface area contributed by atoms with E-state index in [1.165, 1.54) is 0 Å². The topological polar surface area (TPSA) is 83.0 Å². The van der Waals surface area contributed by atoms with Gasteiger partial charge in [0, 0.05) is 22.3 Å². The van der Waals surface area contributed by atoms with E-state index in [4.69, 9.17) is 16.0 Å². The van der Waals surface area contributed by atoms with E-state index in [2.05, 4.69) is 27.8 Å². The second-order valence-corrected chi connectivity index (χ2v) is 6.48. The maximum Gasteiger partial charge on any atom is 0.434 e. The van der Waals surface area contributed by atoms with Crippen LogP contribution in [0.15, 0.2) is 21.3 Å². The molecule has 2 aromatic rings. The molecule has 140 valence electrons. The Kier molecular flexibility index (Phi) is 8.28. The smallest absolute Gasteiger partial charge is 0.388 e. The lowest BCUT2D eigenvalue weighted by atomic mass is 9.91. The largest absolute Gasteiger partial charge is 0.434 e. The van der Waals surface area contributed by atoms with Crippen LogP contribution >= 0.6 is 36.4 Å². The Morgan fingerprint density at radius 1 is 1.32 bits per heavy atom. The molecule has 3 rings (SSSR count). The summed E-state index contributed by atoms with van der Waals surface area (Å²) in [5.74, 6) is 0.296. The highest BCUT2D eigenvalue weighted by atomic mass is 35.5. The Balaban J connectivity index is 0.00000156. The number of aromatic amines is 1. The fraction of sp³-hybridized carbons (Fsp3) is 0.500. The molecule has 1 saturated heterocycles. The summed E-state index contributed by atoms with van der Waals surface area (Å²) >= 11 is 6.34. The summed E-state index contributed by atoms with van der Waals surface area (Å²) in [7, 11) is 0. The van der Waals surface area contributed by atoms with Gasteiger partial charge in [0.1, 0.15) is 0 Å². The Morgan fingerprint density at radius 3 is 2.60 bits per heavy atom. The monoisotopic (exact) mass is 408 g/mol. The van der Waals surface area contributed by atoms with Gasteiger partial charge in [-0.15, -0.1) is 29.9 Å². The second kappa shape index (κ2) is 9.48. The Labute approximate surface area is 163 Å². The molecule has 2 heterocycles. The number of H-pyrrole nitrogens is 1. The number of nitrogens with one attached hydrogen (secondary N) is 3. The number of anilines is 1. The van der Waals surface area contributed by atoms with E-state index >= 15 is 0 Å². The van der Waals surface area contributed by atoms with Crippen molar-refractivity contribution in [1.29, 1.82) is 0 Å². The minimum atomic E-state index is -0.575. The predicted octanol–water partition coefficient (Wildman–Crippen LogP) is 3.64. The van der Waals surface area contributed by atoms with E-state index in [1.807, 2.05) is 13.0 Å². The first-order chi connectivity index (χ1) is 11.0. The van der Waals surface area contributed by atoms with E-state index in [0.717, 1.165) is 37.2 Å². The number of benzene rings is 1. The van der Waals surface area contributed by atoms with Gasteiger partial charge in [-0.2, -0.15) is 0 Å². The van der Waals surface area contributed by atoms with Gasteiger partial charge < -0.3 is 15.1 Å². The van der Waals surface area contributed by atoms with Crippen LogP contribution in [0.4, 0.5) is 5.69 Å². The fourth-order valence-electron chi connectivity index (χ4n) is 3.01. The van der Waals surface area contributed by atoms with Gasteiger partial charge in [-0.1, -0.05) is 11.6 Å². The van der Waals surface area contributed by atoms with Gasteiger partial charge >= 0.3 is 5.76 Å². The van der Waals surface area contributed by atoms with Crippen molar-refractivity contribution in [2.75, 3.05) is 18.4 Å². The molecule has 1 atom stereocenters. The summed E-state index contributed by atoms with van der Waals surface area (Å²) in [6.07, 6.45) is 2.32. The molecule has 0 spiro atoms. The molecular weight excluding hydrogens is 387 g/mol. The Hall–Kier alpha value is -1.21. The van der Waals surface area contributed by atoms with Crippen molar-refractivity contribution in [3.63, 3.8) is 0 Å². The molecule has 3 N–H and O–H groups in total. The van der Waals surface area contributed by atoms with Gasteiger partial charge in [0.25, 0.3) is 0 Å². The highest BCUT2D eigenvalue weighted by Gasteiger charge is 2.21. The summed E-state index contributed by atoms with van der Waals surface area (Å²) < 4.78 is 5.02. The summed E-state index contributed by atoms with van der Waals surface area (Å²) in [6, 6.07) is 4.03. The van der Waals surface area contributed by atoms with Crippen LogP contribution < -0.4 is 16.4 Å². The van der Waals surface area contributed by atoms with Gasteiger partial charge in [-0.25, -0.2) is 9.89 Å². The van der Waals surface area contributed by atoms with Crippen LogP contribution in [0.1, 0.15) is 25.3 Å².